The van der Waals surface area contributed by atoms with E-state index in [1.807, 2.05) is 0 Å². The van der Waals surface area contributed by atoms with Gasteiger partial charge in [-0.1, -0.05) is 29.3 Å². The van der Waals surface area contributed by atoms with Gasteiger partial charge >= 0.3 is 5.69 Å². The summed E-state index contributed by atoms with van der Waals surface area (Å²) in [6.45, 7) is 3.86. The lowest BCUT2D eigenvalue weighted by Gasteiger charge is -2.06. The summed E-state index contributed by atoms with van der Waals surface area (Å²) in [6.07, 6.45) is 1.56. The molecule has 3 rings (SSSR count). The van der Waals surface area contributed by atoms with E-state index in [2.05, 4.69) is 6.58 Å². The topological polar surface area (TPSA) is 67.4 Å². The van der Waals surface area contributed by atoms with E-state index in [-0.39, 0.29) is 23.2 Å². The molecule has 128 valence electrons. The molecule has 1 aromatic heterocycles. The van der Waals surface area contributed by atoms with Crippen molar-refractivity contribution in [3.63, 3.8) is 0 Å². The summed E-state index contributed by atoms with van der Waals surface area (Å²) in [7, 11) is 0. The number of phenolic OH excluding ortho intramolecular Hbond substituents is 1. The molecule has 2 N–H and O–H groups in total. The van der Waals surface area contributed by atoms with Crippen LogP contribution in [0.5, 0.6) is 11.6 Å². The third-order valence-electron chi connectivity index (χ3n) is 3.73. The Labute approximate surface area is 153 Å². The molecule has 0 fully saturated rings. The van der Waals surface area contributed by atoms with E-state index >= 15 is 0 Å². The van der Waals surface area contributed by atoms with Crippen molar-refractivity contribution in [1.82, 2.24) is 9.13 Å². The van der Waals surface area contributed by atoms with E-state index in [9.17, 15) is 15.0 Å². The van der Waals surface area contributed by atoms with Gasteiger partial charge in [-0.05, 0) is 42.5 Å². The number of phenols is 1. The molecule has 0 aliphatic rings. The fourth-order valence-corrected chi connectivity index (χ4v) is 2.89. The van der Waals surface area contributed by atoms with E-state index in [1.54, 1.807) is 30.3 Å². The second-order valence-electron chi connectivity index (χ2n) is 5.33. The number of imidazole rings is 1. The highest BCUT2D eigenvalue weighted by Crippen LogP contribution is 2.33. The Morgan fingerprint density at radius 1 is 1.04 bits per heavy atom. The van der Waals surface area contributed by atoms with Gasteiger partial charge in [0.1, 0.15) is 11.4 Å². The molecule has 0 aliphatic carbocycles. The van der Waals surface area contributed by atoms with E-state index in [1.165, 1.54) is 22.8 Å². The summed E-state index contributed by atoms with van der Waals surface area (Å²) < 4.78 is 2.53. The summed E-state index contributed by atoms with van der Waals surface area (Å²) in [5.41, 5.74) is 0.836. The molecule has 0 radical (unpaired) electrons. The zero-order valence-corrected chi connectivity index (χ0v) is 14.5. The van der Waals surface area contributed by atoms with Crippen LogP contribution in [0, 0.1) is 0 Å². The van der Waals surface area contributed by atoms with Gasteiger partial charge in [-0.15, -0.1) is 6.58 Å². The predicted octanol–water partition coefficient (Wildman–Crippen LogP) is 4.21. The van der Waals surface area contributed by atoms with Gasteiger partial charge in [-0.25, -0.2) is 9.36 Å². The third-order valence-corrected chi connectivity index (χ3v) is 4.47. The number of allylic oxidation sites excluding steroid dienone is 1. The minimum absolute atomic E-state index is 0.0878. The molecule has 3 aromatic rings. The molecule has 0 saturated heterocycles. The quantitative estimate of drug-likeness (QED) is 0.670. The molecule has 0 unspecified atom stereocenters. The Morgan fingerprint density at radius 3 is 2.32 bits per heavy atom. The first-order valence-electron chi connectivity index (χ1n) is 7.34. The molecular formula is C18H14Cl2N2O3. The fraction of sp³-hybridized carbons (Fsp3) is 0.0556. The monoisotopic (exact) mass is 376 g/mol. The molecule has 2 aromatic carbocycles. The van der Waals surface area contributed by atoms with Crippen LogP contribution in [0.4, 0.5) is 0 Å². The predicted molar refractivity (Wildman–Crippen MR) is 99.0 cm³/mol. The highest BCUT2D eigenvalue weighted by atomic mass is 35.5. The van der Waals surface area contributed by atoms with Crippen LogP contribution in [0.15, 0.2) is 59.9 Å². The maximum Gasteiger partial charge on any atom is 0.336 e. The highest BCUT2D eigenvalue weighted by molar-refractivity contribution is 6.42. The van der Waals surface area contributed by atoms with Gasteiger partial charge in [0.05, 0.1) is 15.7 Å². The number of hydrogen-bond acceptors (Lipinski definition) is 3. The molecular weight excluding hydrogens is 363 g/mol. The molecule has 25 heavy (non-hydrogen) atoms. The first kappa shape index (κ1) is 17.2. The first-order chi connectivity index (χ1) is 11.9. The Kier molecular flexibility index (Phi) is 4.61. The van der Waals surface area contributed by atoms with Crippen LogP contribution in [0.2, 0.25) is 10.0 Å². The van der Waals surface area contributed by atoms with Gasteiger partial charge < -0.3 is 10.2 Å². The average molecular weight is 377 g/mol. The van der Waals surface area contributed by atoms with E-state index in [0.29, 0.717) is 22.0 Å². The largest absolute Gasteiger partial charge is 0.508 e. The van der Waals surface area contributed by atoms with Crippen molar-refractivity contribution >= 4 is 23.2 Å². The van der Waals surface area contributed by atoms with Crippen LogP contribution in [-0.4, -0.2) is 19.3 Å². The molecule has 0 amide bonds. The molecule has 0 saturated carbocycles. The summed E-state index contributed by atoms with van der Waals surface area (Å²) in [6, 6.07) is 10.8. The first-order valence-corrected chi connectivity index (χ1v) is 8.10. The third kappa shape index (κ3) is 3.04. The van der Waals surface area contributed by atoms with Gasteiger partial charge in [-0.3, -0.25) is 4.57 Å². The molecule has 0 spiro atoms. The standard InChI is InChI=1S/C18H14Cl2N2O3/c1-2-9-21-16(11-3-6-13(23)7-4-11)17(24)22(18(21)25)12-5-8-14(19)15(20)10-12/h2-8,10,23-24H,1,9H2. The van der Waals surface area contributed by atoms with Crippen molar-refractivity contribution < 1.29 is 10.2 Å². The number of halogens is 2. The lowest BCUT2D eigenvalue weighted by molar-refractivity contribution is 0.442. The summed E-state index contributed by atoms with van der Waals surface area (Å²) in [5.74, 6) is -0.152. The highest BCUT2D eigenvalue weighted by Gasteiger charge is 2.21. The number of nitrogens with zero attached hydrogens (tertiary/aromatic N) is 2. The molecule has 1 heterocycles. The van der Waals surface area contributed by atoms with Crippen LogP contribution in [-0.2, 0) is 6.54 Å². The number of hydrogen-bond donors (Lipinski definition) is 2. The number of aromatic hydroxyl groups is 2. The number of rotatable bonds is 4. The maximum atomic E-state index is 12.8. The van der Waals surface area contributed by atoms with Crippen LogP contribution in [0.1, 0.15) is 0 Å². The van der Waals surface area contributed by atoms with Gasteiger partial charge in [0, 0.05) is 12.1 Å². The van der Waals surface area contributed by atoms with Gasteiger partial charge in [0.15, 0.2) is 0 Å². The molecule has 7 heteroatoms. The molecule has 0 aliphatic heterocycles. The fourth-order valence-electron chi connectivity index (χ4n) is 2.59. The average Bonchev–Trinajstić information content (AvgIpc) is 2.82. The normalized spacial score (nSPS) is 10.8. The summed E-state index contributed by atoms with van der Waals surface area (Å²) in [5, 5.41) is 20.8. The Bertz CT molecular complexity index is 1000. The van der Waals surface area contributed by atoms with Crippen molar-refractivity contribution in [1.29, 1.82) is 0 Å². The number of aromatic nitrogens is 2. The minimum atomic E-state index is -0.445. The molecule has 0 bridgehead atoms. The Morgan fingerprint density at radius 2 is 1.72 bits per heavy atom. The Hall–Kier alpha value is -2.63. The van der Waals surface area contributed by atoms with E-state index < -0.39 is 5.69 Å². The van der Waals surface area contributed by atoms with Crippen LogP contribution in [0.25, 0.3) is 16.9 Å². The maximum absolute atomic E-state index is 12.8. The zero-order chi connectivity index (χ0) is 18.1. The molecule has 0 atom stereocenters. The van der Waals surface area contributed by atoms with Gasteiger partial charge in [-0.2, -0.15) is 0 Å². The van der Waals surface area contributed by atoms with Crippen molar-refractivity contribution in [2.75, 3.05) is 0 Å². The van der Waals surface area contributed by atoms with Crippen molar-refractivity contribution in [3.05, 3.63) is 75.6 Å². The molecule has 5 nitrogen and oxygen atoms in total. The van der Waals surface area contributed by atoms with Crippen LogP contribution in [0.3, 0.4) is 0 Å². The summed E-state index contributed by atoms with van der Waals surface area (Å²) >= 11 is 12.0. The minimum Gasteiger partial charge on any atom is -0.508 e. The lowest BCUT2D eigenvalue weighted by atomic mass is 10.1. The van der Waals surface area contributed by atoms with Crippen molar-refractivity contribution in [2.24, 2.45) is 0 Å². The van der Waals surface area contributed by atoms with Gasteiger partial charge in [0.2, 0.25) is 5.88 Å². The number of benzene rings is 2. The van der Waals surface area contributed by atoms with E-state index in [0.717, 1.165) is 4.57 Å². The summed E-state index contributed by atoms with van der Waals surface area (Å²) in [4.78, 5) is 12.8. The van der Waals surface area contributed by atoms with Gasteiger partial charge in [0.25, 0.3) is 0 Å². The van der Waals surface area contributed by atoms with Crippen LogP contribution >= 0.6 is 23.2 Å². The van der Waals surface area contributed by atoms with Crippen LogP contribution < -0.4 is 5.69 Å². The Balaban J connectivity index is 2.29. The second-order valence-corrected chi connectivity index (χ2v) is 6.15. The lowest BCUT2D eigenvalue weighted by Crippen LogP contribution is -2.23. The SMILES string of the molecule is C=CCn1c(-c2ccc(O)cc2)c(O)n(-c2ccc(Cl)c(Cl)c2)c1=O. The van der Waals surface area contributed by atoms with Crippen molar-refractivity contribution in [2.45, 2.75) is 6.54 Å². The second kappa shape index (κ2) is 6.70. The zero-order valence-electron chi connectivity index (χ0n) is 13.0. The van der Waals surface area contributed by atoms with Crippen molar-refractivity contribution in [3.8, 4) is 28.6 Å². The van der Waals surface area contributed by atoms with E-state index in [4.69, 9.17) is 23.2 Å². The smallest absolute Gasteiger partial charge is 0.336 e.